The Morgan fingerprint density at radius 2 is 2.40 bits per heavy atom. The minimum Gasteiger partial charge on any atom is -0.338 e. The maximum atomic E-state index is 4.25. The van der Waals surface area contributed by atoms with Crippen molar-refractivity contribution in [1.29, 1.82) is 0 Å². The van der Waals surface area contributed by atoms with Gasteiger partial charge in [0.1, 0.15) is 5.82 Å². The van der Waals surface area contributed by atoms with E-state index < -0.39 is 0 Å². The van der Waals surface area contributed by atoms with Crippen LogP contribution in [0.2, 0.25) is 0 Å². The van der Waals surface area contributed by atoms with Crippen molar-refractivity contribution in [3.63, 3.8) is 0 Å². The number of aromatic nitrogens is 2. The van der Waals surface area contributed by atoms with Gasteiger partial charge in [-0.3, -0.25) is 0 Å². The Kier molecular flexibility index (Phi) is 2.10. The van der Waals surface area contributed by atoms with Crippen molar-refractivity contribution in [3.8, 4) is 0 Å². The van der Waals surface area contributed by atoms with Crippen LogP contribution in [0.5, 0.6) is 0 Å². The molecular weight excluding hydrogens is 124 g/mol. The van der Waals surface area contributed by atoms with E-state index in [4.69, 9.17) is 0 Å². The lowest BCUT2D eigenvalue weighted by Gasteiger charge is -2.06. The van der Waals surface area contributed by atoms with Crippen LogP contribution in [0.1, 0.15) is 32.0 Å². The minimum atomic E-state index is 0.583. The SMILES string of the molecule is CCC(C)c1nccn1C. The summed E-state index contributed by atoms with van der Waals surface area (Å²) in [4.78, 5) is 4.25. The first-order valence-corrected chi connectivity index (χ1v) is 3.73. The summed E-state index contributed by atoms with van der Waals surface area (Å²) < 4.78 is 2.08. The standard InChI is InChI=1S/C8H14N2/c1-4-7(2)8-9-5-6-10(8)3/h5-7H,4H2,1-3H3. The number of hydrogen-bond donors (Lipinski definition) is 0. The fourth-order valence-corrected chi connectivity index (χ4v) is 1.03. The number of rotatable bonds is 2. The van der Waals surface area contributed by atoms with E-state index >= 15 is 0 Å². The summed E-state index contributed by atoms with van der Waals surface area (Å²) in [6.07, 6.45) is 4.99. The molecule has 10 heavy (non-hydrogen) atoms. The quantitative estimate of drug-likeness (QED) is 0.610. The zero-order chi connectivity index (χ0) is 7.56. The number of hydrogen-bond acceptors (Lipinski definition) is 1. The average Bonchev–Trinajstić information content (AvgIpc) is 2.34. The molecule has 1 unspecified atom stereocenters. The molecule has 0 N–H and O–H groups in total. The third-order valence-corrected chi connectivity index (χ3v) is 1.91. The van der Waals surface area contributed by atoms with Crippen LogP contribution in [0.4, 0.5) is 0 Å². The van der Waals surface area contributed by atoms with Gasteiger partial charge in [-0.25, -0.2) is 4.98 Å². The lowest BCUT2D eigenvalue weighted by molar-refractivity contribution is 0.642. The molecule has 0 spiro atoms. The maximum Gasteiger partial charge on any atom is 0.111 e. The maximum absolute atomic E-state index is 4.25. The molecule has 0 aliphatic rings. The number of nitrogens with zero attached hydrogens (tertiary/aromatic N) is 2. The molecule has 56 valence electrons. The van der Waals surface area contributed by atoms with Gasteiger partial charge in [-0.15, -0.1) is 0 Å². The first kappa shape index (κ1) is 7.32. The smallest absolute Gasteiger partial charge is 0.111 e. The zero-order valence-electron chi connectivity index (χ0n) is 6.83. The van der Waals surface area contributed by atoms with Gasteiger partial charge in [0.15, 0.2) is 0 Å². The molecule has 0 radical (unpaired) electrons. The Labute approximate surface area is 61.9 Å². The molecule has 1 atom stereocenters. The van der Waals surface area contributed by atoms with Gasteiger partial charge in [-0.2, -0.15) is 0 Å². The Morgan fingerprint density at radius 1 is 1.70 bits per heavy atom. The number of imidazole rings is 1. The number of aryl methyl sites for hydroxylation is 1. The molecule has 0 saturated carbocycles. The largest absolute Gasteiger partial charge is 0.338 e. The van der Waals surface area contributed by atoms with Crippen LogP contribution < -0.4 is 0 Å². The van der Waals surface area contributed by atoms with Crippen molar-refractivity contribution in [2.75, 3.05) is 0 Å². The monoisotopic (exact) mass is 138 g/mol. The van der Waals surface area contributed by atoms with E-state index in [9.17, 15) is 0 Å². The predicted molar refractivity (Wildman–Crippen MR) is 41.9 cm³/mol. The van der Waals surface area contributed by atoms with Crippen molar-refractivity contribution in [3.05, 3.63) is 18.2 Å². The van der Waals surface area contributed by atoms with Crippen LogP contribution in [0.25, 0.3) is 0 Å². The molecule has 0 aliphatic heterocycles. The predicted octanol–water partition coefficient (Wildman–Crippen LogP) is 1.93. The summed E-state index contributed by atoms with van der Waals surface area (Å²) in [7, 11) is 2.04. The molecule has 0 aliphatic carbocycles. The van der Waals surface area contributed by atoms with E-state index in [0.29, 0.717) is 5.92 Å². The minimum absolute atomic E-state index is 0.583. The molecule has 0 aromatic carbocycles. The molecule has 1 aromatic heterocycles. The van der Waals surface area contributed by atoms with Crippen molar-refractivity contribution in [2.45, 2.75) is 26.2 Å². The summed E-state index contributed by atoms with van der Waals surface area (Å²) in [5, 5.41) is 0. The molecule has 1 heterocycles. The Hall–Kier alpha value is -0.790. The Bertz CT molecular complexity index is 203. The van der Waals surface area contributed by atoms with Gasteiger partial charge in [0, 0.05) is 25.4 Å². The highest BCUT2D eigenvalue weighted by Gasteiger charge is 2.05. The molecule has 0 amide bonds. The van der Waals surface area contributed by atoms with E-state index in [1.807, 2.05) is 19.4 Å². The van der Waals surface area contributed by atoms with Crippen molar-refractivity contribution >= 4 is 0 Å². The summed E-state index contributed by atoms with van der Waals surface area (Å²) >= 11 is 0. The Morgan fingerprint density at radius 3 is 2.80 bits per heavy atom. The summed E-state index contributed by atoms with van der Waals surface area (Å²) in [6, 6.07) is 0. The highest BCUT2D eigenvalue weighted by atomic mass is 15.0. The normalized spacial score (nSPS) is 13.5. The van der Waals surface area contributed by atoms with Crippen molar-refractivity contribution in [2.24, 2.45) is 7.05 Å². The zero-order valence-corrected chi connectivity index (χ0v) is 6.83. The first-order chi connectivity index (χ1) is 4.75. The third-order valence-electron chi connectivity index (χ3n) is 1.91. The highest BCUT2D eigenvalue weighted by molar-refractivity contribution is 4.97. The second-order valence-electron chi connectivity index (χ2n) is 2.71. The average molecular weight is 138 g/mol. The van der Waals surface area contributed by atoms with Gasteiger partial charge < -0.3 is 4.57 Å². The summed E-state index contributed by atoms with van der Waals surface area (Å²) in [6.45, 7) is 4.38. The fraction of sp³-hybridized carbons (Fsp3) is 0.625. The third kappa shape index (κ3) is 1.20. The lowest BCUT2D eigenvalue weighted by atomic mass is 10.1. The van der Waals surface area contributed by atoms with Gasteiger partial charge in [0.2, 0.25) is 0 Å². The van der Waals surface area contributed by atoms with Gasteiger partial charge in [0.25, 0.3) is 0 Å². The highest BCUT2D eigenvalue weighted by Crippen LogP contribution is 2.14. The molecule has 1 rings (SSSR count). The molecule has 2 heteroatoms. The van der Waals surface area contributed by atoms with E-state index in [0.717, 1.165) is 6.42 Å². The van der Waals surface area contributed by atoms with Gasteiger partial charge in [-0.1, -0.05) is 13.8 Å². The topological polar surface area (TPSA) is 17.8 Å². The fourth-order valence-electron chi connectivity index (χ4n) is 1.03. The van der Waals surface area contributed by atoms with Crippen molar-refractivity contribution in [1.82, 2.24) is 9.55 Å². The van der Waals surface area contributed by atoms with Crippen LogP contribution in [0.15, 0.2) is 12.4 Å². The first-order valence-electron chi connectivity index (χ1n) is 3.73. The molecule has 0 fully saturated rings. The molecule has 2 nitrogen and oxygen atoms in total. The van der Waals surface area contributed by atoms with Crippen LogP contribution in [0.3, 0.4) is 0 Å². The Balaban J connectivity index is 2.82. The second kappa shape index (κ2) is 2.86. The molecular formula is C8H14N2. The van der Waals surface area contributed by atoms with E-state index in [1.165, 1.54) is 5.82 Å². The molecule has 1 aromatic rings. The van der Waals surface area contributed by atoms with Crippen LogP contribution in [-0.4, -0.2) is 9.55 Å². The van der Waals surface area contributed by atoms with Gasteiger partial charge in [0.05, 0.1) is 0 Å². The van der Waals surface area contributed by atoms with Crippen LogP contribution >= 0.6 is 0 Å². The van der Waals surface area contributed by atoms with Gasteiger partial charge >= 0.3 is 0 Å². The summed E-state index contributed by atoms with van der Waals surface area (Å²) in [5.74, 6) is 1.77. The second-order valence-corrected chi connectivity index (χ2v) is 2.71. The van der Waals surface area contributed by atoms with Gasteiger partial charge in [-0.05, 0) is 6.42 Å². The molecule has 0 saturated heterocycles. The van der Waals surface area contributed by atoms with E-state index in [-0.39, 0.29) is 0 Å². The van der Waals surface area contributed by atoms with E-state index in [1.54, 1.807) is 0 Å². The van der Waals surface area contributed by atoms with Crippen LogP contribution in [0, 0.1) is 0 Å². The van der Waals surface area contributed by atoms with E-state index in [2.05, 4.69) is 23.4 Å². The summed E-state index contributed by atoms with van der Waals surface area (Å²) in [5.41, 5.74) is 0. The van der Waals surface area contributed by atoms with Crippen molar-refractivity contribution < 1.29 is 0 Å². The van der Waals surface area contributed by atoms with Crippen LogP contribution in [-0.2, 0) is 7.05 Å². The molecule has 0 bridgehead atoms. The lowest BCUT2D eigenvalue weighted by Crippen LogP contribution is -2.00.